The van der Waals surface area contributed by atoms with Crippen molar-refractivity contribution in [2.24, 2.45) is 11.3 Å². The second-order valence-corrected chi connectivity index (χ2v) is 6.47. The lowest BCUT2D eigenvalue weighted by Crippen LogP contribution is -2.56. The number of allylic oxidation sites excluding steroid dienone is 2. The fourth-order valence-electron chi connectivity index (χ4n) is 4.48. The highest BCUT2D eigenvalue weighted by molar-refractivity contribution is 5.22. The Kier molecular flexibility index (Phi) is 3.82. The van der Waals surface area contributed by atoms with Crippen LogP contribution in [0.1, 0.15) is 46.0 Å². The van der Waals surface area contributed by atoms with Crippen LogP contribution in [0.3, 0.4) is 0 Å². The molecule has 0 unspecified atom stereocenters. The molecule has 2 atom stereocenters. The lowest BCUT2D eigenvalue weighted by Gasteiger charge is -2.55. The van der Waals surface area contributed by atoms with Crippen LogP contribution in [0.4, 0.5) is 0 Å². The van der Waals surface area contributed by atoms with Crippen molar-refractivity contribution in [3.05, 3.63) is 11.3 Å². The first kappa shape index (κ1) is 14.4. The Labute approximate surface area is 121 Å². The second kappa shape index (κ2) is 5.32. The molecule has 1 aliphatic heterocycles. The topological polar surface area (TPSA) is 36.9 Å². The van der Waals surface area contributed by atoms with Gasteiger partial charge in [-0.2, -0.15) is 0 Å². The lowest BCUT2D eigenvalue weighted by molar-refractivity contribution is -0.268. The van der Waals surface area contributed by atoms with Crippen molar-refractivity contribution in [2.75, 3.05) is 27.1 Å². The molecule has 3 rings (SSSR count). The number of ether oxygens (including phenoxy) is 4. The molecule has 4 nitrogen and oxygen atoms in total. The predicted octanol–water partition coefficient (Wildman–Crippen LogP) is 3.22. The first-order valence-electron chi connectivity index (χ1n) is 7.72. The van der Waals surface area contributed by atoms with E-state index in [1.807, 2.05) is 0 Å². The molecule has 2 fully saturated rings. The van der Waals surface area contributed by atoms with Crippen LogP contribution < -0.4 is 0 Å². The fourth-order valence-corrected chi connectivity index (χ4v) is 4.48. The Morgan fingerprint density at radius 3 is 2.70 bits per heavy atom. The standard InChI is InChI=1S/C16H26O4/c1-12-13-5-4-7-16(19-9-10-20-16)15(13,2)8-6-14(12)18-11-17-3/h13H,4-11H2,1-3H3/t13-,15-/m1/s1. The zero-order chi connectivity index (χ0) is 14.2. The summed E-state index contributed by atoms with van der Waals surface area (Å²) in [4.78, 5) is 0. The third-order valence-electron chi connectivity index (χ3n) is 5.58. The third kappa shape index (κ3) is 2.00. The van der Waals surface area contributed by atoms with E-state index >= 15 is 0 Å². The molecule has 0 N–H and O–H groups in total. The second-order valence-electron chi connectivity index (χ2n) is 6.47. The maximum atomic E-state index is 6.11. The zero-order valence-electron chi connectivity index (χ0n) is 12.9. The predicted molar refractivity (Wildman–Crippen MR) is 75.0 cm³/mol. The molecule has 20 heavy (non-hydrogen) atoms. The number of hydrogen-bond acceptors (Lipinski definition) is 4. The van der Waals surface area contributed by atoms with E-state index in [0.717, 1.165) is 44.7 Å². The van der Waals surface area contributed by atoms with Gasteiger partial charge in [0.2, 0.25) is 0 Å². The number of fused-ring (bicyclic) bond motifs is 2. The zero-order valence-corrected chi connectivity index (χ0v) is 12.9. The van der Waals surface area contributed by atoms with Crippen LogP contribution >= 0.6 is 0 Å². The summed E-state index contributed by atoms with van der Waals surface area (Å²) in [6.07, 6.45) is 5.41. The highest BCUT2D eigenvalue weighted by Crippen LogP contribution is 2.59. The lowest BCUT2D eigenvalue weighted by atomic mass is 9.56. The highest BCUT2D eigenvalue weighted by atomic mass is 16.7. The van der Waals surface area contributed by atoms with E-state index < -0.39 is 0 Å². The summed E-state index contributed by atoms with van der Waals surface area (Å²) < 4.78 is 23.0. The van der Waals surface area contributed by atoms with Crippen LogP contribution in [0.5, 0.6) is 0 Å². The minimum Gasteiger partial charge on any atom is -0.472 e. The Balaban J connectivity index is 1.89. The molecule has 1 spiro atoms. The molecular weight excluding hydrogens is 256 g/mol. The third-order valence-corrected chi connectivity index (χ3v) is 5.58. The van der Waals surface area contributed by atoms with Gasteiger partial charge in [-0.25, -0.2) is 0 Å². The molecule has 114 valence electrons. The Morgan fingerprint density at radius 1 is 1.25 bits per heavy atom. The van der Waals surface area contributed by atoms with Crippen molar-refractivity contribution in [1.29, 1.82) is 0 Å². The van der Waals surface area contributed by atoms with Gasteiger partial charge in [0.05, 0.1) is 19.0 Å². The van der Waals surface area contributed by atoms with Crippen LogP contribution in [0.15, 0.2) is 11.3 Å². The molecule has 1 saturated heterocycles. The van der Waals surface area contributed by atoms with Gasteiger partial charge in [-0.1, -0.05) is 6.92 Å². The molecule has 0 bridgehead atoms. The summed E-state index contributed by atoms with van der Waals surface area (Å²) in [5.41, 5.74) is 1.44. The van der Waals surface area contributed by atoms with Crippen molar-refractivity contribution in [2.45, 2.75) is 51.7 Å². The molecule has 0 amide bonds. The first-order valence-corrected chi connectivity index (χ1v) is 7.72. The molecule has 0 aromatic carbocycles. The van der Waals surface area contributed by atoms with Gasteiger partial charge >= 0.3 is 0 Å². The van der Waals surface area contributed by atoms with E-state index in [4.69, 9.17) is 18.9 Å². The maximum Gasteiger partial charge on any atom is 0.188 e. The average Bonchev–Trinajstić information content (AvgIpc) is 2.91. The van der Waals surface area contributed by atoms with Gasteiger partial charge in [0.1, 0.15) is 0 Å². The molecule has 0 radical (unpaired) electrons. The molecule has 1 saturated carbocycles. The molecular formula is C16H26O4. The Bertz CT molecular complexity index is 397. The number of rotatable bonds is 3. The van der Waals surface area contributed by atoms with E-state index in [9.17, 15) is 0 Å². The quantitative estimate of drug-likeness (QED) is 0.745. The fraction of sp³-hybridized carbons (Fsp3) is 0.875. The normalized spacial score (nSPS) is 36.2. The minimum atomic E-state index is -0.357. The van der Waals surface area contributed by atoms with Crippen molar-refractivity contribution in [3.63, 3.8) is 0 Å². The van der Waals surface area contributed by atoms with Crippen LogP contribution in [0.25, 0.3) is 0 Å². The summed E-state index contributed by atoms with van der Waals surface area (Å²) in [5.74, 6) is 1.25. The van der Waals surface area contributed by atoms with Crippen molar-refractivity contribution in [1.82, 2.24) is 0 Å². The summed E-state index contributed by atoms with van der Waals surface area (Å²) in [6, 6.07) is 0. The molecule has 1 heterocycles. The van der Waals surface area contributed by atoms with Crippen molar-refractivity contribution < 1.29 is 18.9 Å². The van der Waals surface area contributed by atoms with Gasteiger partial charge in [0, 0.05) is 25.4 Å². The Morgan fingerprint density at radius 2 is 2.00 bits per heavy atom. The van der Waals surface area contributed by atoms with Gasteiger partial charge in [0.15, 0.2) is 12.6 Å². The van der Waals surface area contributed by atoms with Gasteiger partial charge in [0.25, 0.3) is 0 Å². The van der Waals surface area contributed by atoms with Gasteiger partial charge < -0.3 is 18.9 Å². The number of hydrogen-bond donors (Lipinski definition) is 0. The SMILES string of the molecule is COCOC1=C(C)[C@H]2CCCC3(OCCO3)[C@]2(C)CC1. The highest BCUT2D eigenvalue weighted by Gasteiger charge is 2.60. The smallest absolute Gasteiger partial charge is 0.188 e. The monoisotopic (exact) mass is 282 g/mol. The molecule has 2 aliphatic carbocycles. The van der Waals surface area contributed by atoms with Crippen LogP contribution in [-0.4, -0.2) is 32.9 Å². The van der Waals surface area contributed by atoms with Crippen molar-refractivity contribution >= 4 is 0 Å². The maximum absolute atomic E-state index is 6.11. The number of methoxy groups -OCH3 is 1. The molecule has 3 aliphatic rings. The first-order chi connectivity index (χ1) is 9.63. The van der Waals surface area contributed by atoms with Gasteiger partial charge in [-0.05, 0) is 37.7 Å². The summed E-state index contributed by atoms with van der Waals surface area (Å²) in [7, 11) is 1.67. The van der Waals surface area contributed by atoms with Crippen molar-refractivity contribution in [3.8, 4) is 0 Å². The van der Waals surface area contributed by atoms with Gasteiger partial charge in [-0.15, -0.1) is 0 Å². The molecule has 0 aromatic heterocycles. The van der Waals surface area contributed by atoms with Gasteiger partial charge in [-0.3, -0.25) is 0 Å². The van der Waals surface area contributed by atoms with E-state index in [1.165, 1.54) is 12.0 Å². The summed E-state index contributed by atoms with van der Waals surface area (Å²) in [5, 5.41) is 0. The Hall–Kier alpha value is -0.580. The van der Waals surface area contributed by atoms with Crippen LogP contribution in [0.2, 0.25) is 0 Å². The van der Waals surface area contributed by atoms with E-state index in [1.54, 1.807) is 7.11 Å². The van der Waals surface area contributed by atoms with E-state index in [-0.39, 0.29) is 11.2 Å². The van der Waals surface area contributed by atoms with E-state index in [2.05, 4.69) is 13.8 Å². The van der Waals surface area contributed by atoms with Crippen LogP contribution in [-0.2, 0) is 18.9 Å². The average molecular weight is 282 g/mol. The molecule has 0 aromatic rings. The molecule has 4 heteroatoms. The van der Waals surface area contributed by atoms with E-state index in [0.29, 0.717) is 12.7 Å². The largest absolute Gasteiger partial charge is 0.472 e. The summed E-state index contributed by atoms with van der Waals surface area (Å²) >= 11 is 0. The minimum absolute atomic E-state index is 0.0752. The van der Waals surface area contributed by atoms with Crippen LogP contribution in [0, 0.1) is 11.3 Å². The summed E-state index contributed by atoms with van der Waals surface area (Å²) in [6.45, 7) is 6.37.